The molecule has 1 fully saturated rings. The second-order valence-corrected chi connectivity index (χ2v) is 5.71. The first-order valence-electron chi connectivity index (χ1n) is 7.71. The Morgan fingerprint density at radius 3 is 3.08 bits per heavy atom. The molecule has 1 atom stereocenters. The predicted molar refractivity (Wildman–Crippen MR) is 84.5 cm³/mol. The molecular weight excluding hydrogens is 314 g/mol. The lowest BCUT2D eigenvalue weighted by Gasteiger charge is -2.19. The van der Waals surface area contributed by atoms with E-state index in [1.807, 2.05) is 4.90 Å². The minimum atomic E-state index is -0.794. The first kappa shape index (κ1) is 16.1. The highest BCUT2D eigenvalue weighted by Gasteiger charge is 2.30. The number of nitrogens with zero attached hydrogens (tertiary/aromatic N) is 3. The van der Waals surface area contributed by atoms with E-state index in [4.69, 9.17) is 9.52 Å². The van der Waals surface area contributed by atoms with E-state index < -0.39 is 16.9 Å². The molecule has 2 heterocycles. The van der Waals surface area contributed by atoms with Gasteiger partial charge in [0.15, 0.2) is 11.7 Å². The van der Waals surface area contributed by atoms with Crippen LogP contribution in [-0.4, -0.2) is 45.0 Å². The Labute approximate surface area is 137 Å². The minimum absolute atomic E-state index is 0.00758. The van der Waals surface area contributed by atoms with E-state index >= 15 is 0 Å². The van der Waals surface area contributed by atoms with Crippen LogP contribution in [0.3, 0.4) is 0 Å². The molecular formula is C16H17N3O5. The van der Waals surface area contributed by atoms with Crippen LogP contribution in [0.25, 0.3) is 11.3 Å². The number of nitro benzene ring substituents is 1. The van der Waals surface area contributed by atoms with Crippen LogP contribution in [0.5, 0.6) is 0 Å². The van der Waals surface area contributed by atoms with E-state index in [0.29, 0.717) is 36.6 Å². The molecule has 1 aliphatic rings. The molecule has 0 saturated carbocycles. The maximum Gasteiger partial charge on any atom is 0.320 e. The van der Waals surface area contributed by atoms with Crippen molar-refractivity contribution < 1.29 is 19.2 Å². The standard InChI is InChI=1S/C16H17N3O5/c20-16(21)13-5-2-7-18(13)8-6-15-17-10-14(24-15)11-3-1-4-12(9-11)19(22)23/h1,3-4,9-10,13H,2,5-8H2,(H,20,21)/t13-/m0/s1. The van der Waals surface area contributed by atoms with E-state index in [1.165, 1.54) is 18.3 Å². The van der Waals surface area contributed by atoms with Crippen molar-refractivity contribution in [1.29, 1.82) is 0 Å². The van der Waals surface area contributed by atoms with Crippen LogP contribution in [0.1, 0.15) is 18.7 Å². The van der Waals surface area contributed by atoms with Gasteiger partial charge < -0.3 is 9.52 Å². The summed E-state index contributed by atoms with van der Waals surface area (Å²) < 4.78 is 5.65. The lowest BCUT2D eigenvalue weighted by Crippen LogP contribution is -2.37. The number of rotatable bonds is 6. The molecule has 0 aliphatic carbocycles. The third-order valence-electron chi connectivity index (χ3n) is 4.16. The van der Waals surface area contributed by atoms with Gasteiger partial charge in [-0.05, 0) is 19.4 Å². The molecule has 1 aromatic carbocycles. The van der Waals surface area contributed by atoms with Crippen molar-refractivity contribution >= 4 is 11.7 Å². The van der Waals surface area contributed by atoms with Gasteiger partial charge in [0.25, 0.3) is 5.69 Å². The molecule has 8 heteroatoms. The molecule has 126 valence electrons. The maximum absolute atomic E-state index is 11.2. The highest BCUT2D eigenvalue weighted by molar-refractivity contribution is 5.73. The zero-order valence-electron chi connectivity index (χ0n) is 12.9. The van der Waals surface area contributed by atoms with Crippen molar-refractivity contribution in [3.8, 4) is 11.3 Å². The van der Waals surface area contributed by atoms with Gasteiger partial charge in [0.05, 0.1) is 11.1 Å². The number of non-ortho nitro benzene ring substituents is 1. The lowest BCUT2D eigenvalue weighted by molar-refractivity contribution is -0.384. The largest absolute Gasteiger partial charge is 0.480 e. The van der Waals surface area contributed by atoms with Crippen molar-refractivity contribution in [1.82, 2.24) is 9.88 Å². The van der Waals surface area contributed by atoms with Gasteiger partial charge >= 0.3 is 5.97 Å². The second kappa shape index (κ2) is 6.79. The van der Waals surface area contributed by atoms with Gasteiger partial charge in [-0.1, -0.05) is 12.1 Å². The summed E-state index contributed by atoms with van der Waals surface area (Å²) in [6.45, 7) is 1.32. The molecule has 24 heavy (non-hydrogen) atoms. The topological polar surface area (TPSA) is 110 Å². The van der Waals surface area contributed by atoms with Gasteiger partial charge in [0.2, 0.25) is 0 Å². The molecule has 0 unspecified atom stereocenters. The number of hydrogen-bond donors (Lipinski definition) is 1. The molecule has 1 N–H and O–H groups in total. The van der Waals surface area contributed by atoms with Crippen molar-refractivity contribution in [3.05, 3.63) is 46.5 Å². The van der Waals surface area contributed by atoms with E-state index in [0.717, 1.165) is 13.0 Å². The summed E-state index contributed by atoms with van der Waals surface area (Å²) >= 11 is 0. The number of likely N-dealkylation sites (tertiary alicyclic amines) is 1. The summed E-state index contributed by atoms with van der Waals surface area (Å²) in [5, 5.41) is 20.0. The molecule has 2 aromatic rings. The molecule has 0 bridgehead atoms. The van der Waals surface area contributed by atoms with Crippen molar-refractivity contribution in [3.63, 3.8) is 0 Å². The third kappa shape index (κ3) is 3.43. The molecule has 1 saturated heterocycles. The summed E-state index contributed by atoms with van der Waals surface area (Å²) in [6.07, 6.45) is 3.58. The molecule has 3 rings (SSSR count). The highest BCUT2D eigenvalue weighted by atomic mass is 16.6. The SMILES string of the molecule is O=C(O)[C@@H]1CCCN1CCc1ncc(-c2cccc([N+](=O)[O-])c2)o1. The van der Waals surface area contributed by atoms with Crippen molar-refractivity contribution in [2.75, 3.05) is 13.1 Å². The fourth-order valence-corrected chi connectivity index (χ4v) is 2.94. The molecule has 8 nitrogen and oxygen atoms in total. The fourth-order valence-electron chi connectivity index (χ4n) is 2.94. The maximum atomic E-state index is 11.2. The van der Waals surface area contributed by atoms with Crippen molar-refractivity contribution in [2.45, 2.75) is 25.3 Å². The Balaban J connectivity index is 1.67. The van der Waals surface area contributed by atoms with Gasteiger partial charge in [0, 0.05) is 30.7 Å². The van der Waals surface area contributed by atoms with Crippen LogP contribution < -0.4 is 0 Å². The Bertz CT molecular complexity index is 758. The van der Waals surface area contributed by atoms with Crippen molar-refractivity contribution in [2.24, 2.45) is 0 Å². The zero-order valence-corrected chi connectivity index (χ0v) is 12.9. The average molecular weight is 331 g/mol. The normalized spacial score (nSPS) is 17.9. The quantitative estimate of drug-likeness (QED) is 0.639. The first-order chi connectivity index (χ1) is 11.5. The highest BCUT2D eigenvalue weighted by Crippen LogP contribution is 2.25. The monoisotopic (exact) mass is 331 g/mol. The third-order valence-corrected chi connectivity index (χ3v) is 4.16. The predicted octanol–water partition coefficient (Wildman–Crippen LogP) is 2.34. The molecule has 1 aliphatic heterocycles. The van der Waals surface area contributed by atoms with Crippen LogP contribution in [0.2, 0.25) is 0 Å². The molecule has 0 radical (unpaired) electrons. The van der Waals surface area contributed by atoms with Gasteiger partial charge in [0.1, 0.15) is 6.04 Å². The Kier molecular flexibility index (Phi) is 4.57. The molecule has 0 amide bonds. The van der Waals surface area contributed by atoms with Crippen LogP contribution >= 0.6 is 0 Å². The molecule has 0 spiro atoms. The number of benzene rings is 1. The summed E-state index contributed by atoms with van der Waals surface area (Å²) in [5.41, 5.74) is 0.583. The Morgan fingerprint density at radius 2 is 2.33 bits per heavy atom. The Hall–Kier alpha value is -2.74. The number of carboxylic acid groups (broad SMARTS) is 1. The summed E-state index contributed by atoms with van der Waals surface area (Å²) in [4.78, 5) is 27.6. The lowest BCUT2D eigenvalue weighted by atomic mass is 10.2. The van der Waals surface area contributed by atoms with E-state index in [1.54, 1.807) is 12.1 Å². The van der Waals surface area contributed by atoms with Gasteiger partial charge in [-0.25, -0.2) is 4.98 Å². The van der Waals surface area contributed by atoms with Crippen LogP contribution in [-0.2, 0) is 11.2 Å². The van der Waals surface area contributed by atoms with E-state index in [9.17, 15) is 14.9 Å². The van der Waals surface area contributed by atoms with Crippen LogP contribution in [0.4, 0.5) is 5.69 Å². The fraction of sp³-hybridized carbons (Fsp3) is 0.375. The van der Waals surface area contributed by atoms with Gasteiger partial charge in [-0.3, -0.25) is 19.8 Å². The number of aromatic nitrogens is 1. The van der Waals surface area contributed by atoms with Gasteiger partial charge in [-0.15, -0.1) is 0 Å². The number of carboxylic acids is 1. The zero-order chi connectivity index (χ0) is 17.1. The number of hydrogen-bond acceptors (Lipinski definition) is 6. The van der Waals surface area contributed by atoms with E-state index in [2.05, 4.69) is 4.98 Å². The van der Waals surface area contributed by atoms with Crippen LogP contribution in [0.15, 0.2) is 34.9 Å². The average Bonchev–Trinajstić information content (AvgIpc) is 3.22. The summed E-state index contributed by atoms with van der Waals surface area (Å²) in [6, 6.07) is 5.73. The van der Waals surface area contributed by atoms with Crippen LogP contribution in [0, 0.1) is 10.1 Å². The summed E-state index contributed by atoms with van der Waals surface area (Å²) in [5.74, 6) is 0.162. The number of nitro groups is 1. The minimum Gasteiger partial charge on any atom is -0.480 e. The molecule has 1 aromatic heterocycles. The number of aliphatic carboxylic acids is 1. The second-order valence-electron chi connectivity index (χ2n) is 5.71. The van der Waals surface area contributed by atoms with E-state index in [-0.39, 0.29) is 5.69 Å². The number of oxazole rings is 1. The van der Waals surface area contributed by atoms with Gasteiger partial charge in [-0.2, -0.15) is 0 Å². The Morgan fingerprint density at radius 1 is 1.50 bits per heavy atom. The smallest absolute Gasteiger partial charge is 0.320 e. The number of carbonyl (C=O) groups is 1. The summed E-state index contributed by atoms with van der Waals surface area (Å²) in [7, 11) is 0. The first-order valence-corrected chi connectivity index (χ1v) is 7.71.